The summed E-state index contributed by atoms with van der Waals surface area (Å²) in [6, 6.07) is 7.95. The van der Waals surface area contributed by atoms with E-state index < -0.39 is 51.9 Å². The molecule has 2 rings (SSSR count). The highest BCUT2D eigenvalue weighted by Gasteiger charge is 2.29. The van der Waals surface area contributed by atoms with E-state index >= 15 is 0 Å². The minimum atomic E-state index is -4.44. The van der Waals surface area contributed by atoms with Crippen LogP contribution in [0.15, 0.2) is 46.2 Å². The lowest BCUT2D eigenvalue weighted by atomic mass is 10.4. The van der Waals surface area contributed by atoms with Gasteiger partial charge in [0.05, 0.1) is 20.1 Å². The quantitative estimate of drug-likeness (QED) is 0.225. The Kier molecular flexibility index (Phi) is 9.29. The Hall–Kier alpha value is -0.560. The molecule has 0 heterocycles. The fourth-order valence-corrected chi connectivity index (χ4v) is 6.09. The van der Waals surface area contributed by atoms with Crippen LogP contribution in [0.4, 0.5) is 0 Å². The van der Waals surface area contributed by atoms with E-state index in [1.54, 1.807) is 0 Å². The normalized spacial score (nSPS) is 12.1. The third-order valence-electron chi connectivity index (χ3n) is 3.06. The van der Waals surface area contributed by atoms with Gasteiger partial charge in [0.25, 0.3) is 0 Å². The second-order valence-corrected chi connectivity index (χ2v) is 10.7. The molecule has 9 nitrogen and oxygen atoms in total. The first-order valence-corrected chi connectivity index (χ1v) is 12.8. The molecule has 2 aromatic carbocycles. The topological polar surface area (TPSA) is 122 Å². The SMILES string of the molecule is O=[P+](OCOS(=O)(=O)c1c(Cl)cccc1Cl)OCOS(=O)(=O)c1c(Cl)cccc1Cl. The van der Waals surface area contributed by atoms with Crippen molar-refractivity contribution in [2.75, 3.05) is 13.6 Å². The Bertz CT molecular complexity index is 1030. The summed E-state index contributed by atoms with van der Waals surface area (Å²) >= 11 is 23.1. The summed E-state index contributed by atoms with van der Waals surface area (Å²) in [4.78, 5) is -1.00. The first-order valence-electron chi connectivity index (χ1n) is 7.35. The van der Waals surface area contributed by atoms with Gasteiger partial charge in [-0.1, -0.05) is 67.6 Å². The average molecular weight is 559 g/mol. The molecule has 0 amide bonds. The number of rotatable bonds is 10. The minimum Gasteiger partial charge on any atom is -0.232 e. The van der Waals surface area contributed by atoms with Crippen LogP contribution >= 0.6 is 54.7 Å². The third kappa shape index (κ3) is 6.72. The summed E-state index contributed by atoms with van der Waals surface area (Å²) in [6.45, 7) is -2.08. The van der Waals surface area contributed by atoms with Gasteiger partial charge in [0.1, 0.15) is 9.79 Å². The highest BCUT2D eigenvalue weighted by molar-refractivity contribution is 7.87. The molecule has 0 N–H and O–H groups in total. The third-order valence-corrected chi connectivity index (χ3v) is 8.09. The summed E-state index contributed by atoms with van der Waals surface area (Å²) in [5, 5.41) is -0.778. The Morgan fingerprint density at radius 2 is 0.967 bits per heavy atom. The van der Waals surface area contributed by atoms with E-state index in [0.717, 1.165) is 0 Å². The minimum absolute atomic E-state index is 0.194. The van der Waals surface area contributed by atoms with Crippen molar-refractivity contribution in [3.8, 4) is 0 Å². The zero-order valence-corrected chi connectivity index (χ0v) is 19.9. The van der Waals surface area contributed by atoms with Crippen molar-refractivity contribution in [3.63, 3.8) is 0 Å². The molecule has 0 spiro atoms. The van der Waals surface area contributed by atoms with Crippen molar-refractivity contribution in [2.24, 2.45) is 0 Å². The van der Waals surface area contributed by atoms with E-state index in [1.165, 1.54) is 36.4 Å². The lowest BCUT2D eigenvalue weighted by Crippen LogP contribution is -2.11. The molecule has 0 aliphatic carbocycles. The van der Waals surface area contributed by atoms with Gasteiger partial charge >= 0.3 is 28.5 Å². The van der Waals surface area contributed by atoms with Crippen molar-refractivity contribution in [1.82, 2.24) is 0 Å². The molecule has 0 radical (unpaired) electrons. The van der Waals surface area contributed by atoms with Crippen LogP contribution in [-0.4, -0.2) is 30.4 Å². The molecule has 0 aliphatic rings. The van der Waals surface area contributed by atoms with E-state index in [9.17, 15) is 21.4 Å². The van der Waals surface area contributed by atoms with E-state index in [1.807, 2.05) is 0 Å². The van der Waals surface area contributed by atoms with Gasteiger partial charge in [0.15, 0.2) is 0 Å². The van der Waals surface area contributed by atoms with E-state index in [-0.39, 0.29) is 20.1 Å². The Labute approximate surface area is 192 Å². The van der Waals surface area contributed by atoms with Crippen LogP contribution in [0, 0.1) is 0 Å². The molecule has 0 unspecified atom stereocenters. The second kappa shape index (κ2) is 10.8. The van der Waals surface area contributed by atoms with Gasteiger partial charge < -0.3 is 0 Å². The molecule has 0 bridgehead atoms. The van der Waals surface area contributed by atoms with Crippen molar-refractivity contribution < 1.29 is 38.8 Å². The van der Waals surface area contributed by atoms with Gasteiger partial charge in [0.2, 0.25) is 13.6 Å². The summed E-state index contributed by atoms with van der Waals surface area (Å²) < 4.78 is 78.0. The van der Waals surface area contributed by atoms with Crippen molar-refractivity contribution in [1.29, 1.82) is 0 Å². The number of halogens is 4. The van der Waals surface area contributed by atoms with Crippen LogP contribution in [-0.2, 0) is 42.2 Å². The van der Waals surface area contributed by atoms with Gasteiger partial charge in [-0.2, -0.15) is 16.8 Å². The molecule has 0 aliphatic heterocycles. The fourth-order valence-electron chi connectivity index (χ4n) is 1.85. The van der Waals surface area contributed by atoms with Gasteiger partial charge in [0, 0.05) is 4.57 Å². The first kappa shape index (κ1) is 25.7. The molecule has 164 valence electrons. The predicted octanol–water partition coefficient (Wildman–Crippen LogP) is 5.02. The van der Waals surface area contributed by atoms with Crippen LogP contribution < -0.4 is 0 Å². The smallest absolute Gasteiger partial charge is 0.232 e. The van der Waals surface area contributed by atoms with Crippen molar-refractivity contribution >= 4 is 74.9 Å². The maximum Gasteiger partial charge on any atom is 0.702 e. The van der Waals surface area contributed by atoms with Crippen LogP contribution in [0.2, 0.25) is 20.1 Å². The molecular formula is C14H10Cl4O9PS2+. The molecule has 0 saturated heterocycles. The zero-order valence-electron chi connectivity index (χ0n) is 14.3. The molecule has 0 aromatic heterocycles. The van der Waals surface area contributed by atoms with Gasteiger partial charge in [-0.25, -0.2) is 8.37 Å². The maximum absolute atomic E-state index is 12.1. The molecule has 16 heteroatoms. The van der Waals surface area contributed by atoms with E-state index in [4.69, 9.17) is 46.4 Å². The number of hydrogen-bond donors (Lipinski definition) is 0. The highest BCUT2D eigenvalue weighted by atomic mass is 35.5. The molecule has 0 saturated carbocycles. The summed E-state index contributed by atoms with van der Waals surface area (Å²) in [7, 11) is -11.9. The van der Waals surface area contributed by atoms with E-state index in [0.29, 0.717) is 0 Å². The second-order valence-electron chi connectivity index (χ2n) is 4.96. The zero-order chi connectivity index (χ0) is 22.5. The summed E-state index contributed by atoms with van der Waals surface area (Å²) in [6.07, 6.45) is 0. The molecular weight excluding hydrogens is 549 g/mol. The lowest BCUT2D eigenvalue weighted by molar-refractivity contribution is 0.0754. The number of hydrogen-bond acceptors (Lipinski definition) is 9. The Morgan fingerprint density at radius 3 is 1.27 bits per heavy atom. The standard InChI is InChI=1S/C14H10Cl4O9PS2/c15-9-3-1-4-10(16)13(9)29(20,21)26-7-24-28(19)25-8-27-30(22,23)14-11(17)5-2-6-12(14)18/h1-6H,7-8H2/q+1. The molecule has 30 heavy (non-hydrogen) atoms. The van der Waals surface area contributed by atoms with Gasteiger partial charge in [-0.05, 0) is 24.3 Å². The van der Waals surface area contributed by atoms with Gasteiger partial charge in [-0.3, -0.25) is 0 Å². The number of benzene rings is 2. The van der Waals surface area contributed by atoms with Crippen LogP contribution in [0.3, 0.4) is 0 Å². The Balaban J connectivity index is 1.87. The van der Waals surface area contributed by atoms with Gasteiger partial charge in [-0.15, -0.1) is 0 Å². The van der Waals surface area contributed by atoms with Crippen LogP contribution in [0.1, 0.15) is 0 Å². The fraction of sp³-hybridized carbons (Fsp3) is 0.143. The lowest BCUT2D eigenvalue weighted by Gasteiger charge is -2.07. The van der Waals surface area contributed by atoms with Crippen LogP contribution in [0.5, 0.6) is 0 Å². The Morgan fingerprint density at radius 1 is 0.667 bits per heavy atom. The van der Waals surface area contributed by atoms with Crippen molar-refractivity contribution in [3.05, 3.63) is 56.5 Å². The average Bonchev–Trinajstić information content (AvgIpc) is 2.60. The summed E-state index contributed by atoms with van der Waals surface area (Å²) in [5.74, 6) is 0. The van der Waals surface area contributed by atoms with Crippen LogP contribution in [0.25, 0.3) is 0 Å². The molecule has 0 atom stereocenters. The monoisotopic (exact) mass is 557 g/mol. The first-order chi connectivity index (χ1) is 14.0. The maximum atomic E-state index is 12.1. The van der Waals surface area contributed by atoms with E-state index in [2.05, 4.69) is 17.4 Å². The predicted molar refractivity (Wildman–Crippen MR) is 109 cm³/mol. The largest absolute Gasteiger partial charge is 0.702 e. The van der Waals surface area contributed by atoms with Crippen molar-refractivity contribution in [2.45, 2.75) is 9.79 Å². The molecule has 2 aromatic rings. The highest BCUT2D eigenvalue weighted by Crippen LogP contribution is 2.33. The summed E-state index contributed by atoms with van der Waals surface area (Å²) in [5.41, 5.74) is 0. The molecule has 0 fully saturated rings.